The van der Waals surface area contributed by atoms with Gasteiger partial charge in [-0.3, -0.25) is 4.79 Å². The molecule has 0 bridgehead atoms. The van der Waals surface area contributed by atoms with Gasteiger partial charge in [0.25, 0.3) is 5.56 Å². The molecule has 0 unspecified atom stereocenters. The number of nitrogens with zero attached hydrogens (tertiary/aromatic N) is 2. The van der Waals surface area contributed by atoms with Crippen LogP contribution >= 0.6 is 0 Å². The number of carbonyl (C=O) groups is 1. The van der Waals surface area contributed by atoms with Crippen molar-refractivity contribution in [1.29, 1.82) is 0 Å². The summed E-state index contributed by atoms with van der Waals surface area (Å²) in [4.78, 5) is 22.9. The molecule has 0 radical (unpaired) electrons. The first-order chi connectivity index (χ1) is 9.47. The van der Waals surface area contributed by atoms with E-state index in [1.807, 2.05) is 0 Å². The van der Waals surface area contributed by atoms with Crippen LogP contribution in [0.5, 0.6) is 0 Å². The van der Waals surface area contributed by atoms with Crippen molar-refractivity contribution in [2.24, 2.45) is 7.05 Å². The SMILES string of the molecule is Cc1cc(F)ccc1COC(=O)c1ccc(=O)n(C)n1. The third-order valence-corrected chi connectivity index (χ3v) is 2.83. The van der Waals surface area contributed by atoms with Crippen LogP contribution in [0.15, 0.2) is 35.1 Å². The molecule has 1 heterocycles. The summed E-state index contributed by atoms with van der Waals surface area (Å²) in [5, 5.41) is 3.79. The van der Waals surface area contributed by atoms with Crippen LogP contribution in [0.25, 0.3) is 0 Å². The van der Waals surface area contributed by atoms with E-state index in [4.69, 9.17) is 4.74 Å². The molecular formula is C14H13FN2O3. The summed E-state index contributed by atoms with van der Waals surface area (Å²) in [7, 11) is 1.45. The van der Waals surface area contributed by atoms with E-state index in [-0.39, 0.29) is 23.7 Å². The predicted octanol–water partition coefficient (Wildman–Crippen LogP) is 1.58. The molecule has 1 aromatic heterocycles. The largest absolute Gasteiger partial charge is 0.456 e. The van der Waals surface area contributed by atoms with E-state index in [0.29, 0.717) is 11.1 Å². The zero-order valence-electron chi connectivity index (χ0n) is 11.1. The third kappa shape index (κ3) is 3.09. The highest BCUT2D eigenvalue weighted by atomic mass is 19.1. The van der Waals surface area contributed by atoms with Crippen molar-refractivity contribution in [3.05, 3.63) is 63.3 Å². The Balaban J connectivity index is 2.08. The summed E-state index contributed by atoms with van der Waals surface area (Å²) in [5.41, 5.74) is 1.15. The van der Waals surface area contributed by atoms with Crippen LogP contribution in [-0.4, -0.2) is 15.7 Å². The molecule has 0 saturated heterocycles. The highest BCUT2D eigenvalue weighted by molar-refractivity contribution is 5.86. The zero-order valence-corrected chi connectivity index (χ0v) is 11.1. The van der Waals surface area contributed by atoms with Crippen LogP contribution in [0.1, 0.15) is 21.6 Å². The van der Waals surface area contributed by atoms with Gasteiger partial charge in [0.1, 0.15) is 12.4 Å². The van der Waals surface area contributed by atoms with Gasteiger partial charge in [0.05, 0.1) is 0 Å². The highest BCUT2D eigenvalue weighted by Gasteiger charge is 2.11. The van der Waals surface area contributed by atoms with Crippen LogP contribution in [0.3, 0.4) is 0 Å². The molecule has 2 rings (SSSR count). The fourth-order valence-corrected chi connectivity index (χ4v) is 1.65. The van der Waals surface area contributed by atoms with E-state index in [1.165, 1.54) is 31.3 Å². The zero-order chi connectivity index (χ0) is 14.7. The Morgan fingerprint density at radius 2 is 2.10 bits per heavy atom. The summed E-state index contributed by atoms with van der Waals surface area (Å²) in [6.07, 6.45) is 0. The molecule has 6 heteroatoms. The van der Waals surface area contributed by atoms with E-state index in [0.717, 1.165) is 4.68 Å². The lowest BCUT2D eigenvalue weighted by Gasteiger charge is -2.07. The molecule has 20 heavy (non-hydrogen) atoms. The number of benzene rings is 1. The molecule has 1 aromatic carbocycles. The number of hydrogen-bond donors (Lipinski definition) is 0. The van der Waals surface area contributed by atoms with Crippen molar-refractivity contribution in [3.63, 3.8) is 0 Å². The van der Waals surface area contributed by atoms with Crippen LogP contribution in [0, 0.1) is 12.7 Å². The highest BCUT2D eigenvalue weighted by Crippen LogP contribution is 2.12. The molecule has 0 aliphatic rings. The minimum absolute atomic E-state index is 0.0233. The summed E-state index contributed by atoms with van der Waals surface area (Å²) >= 11 is 0. The van der Waals surface area contributed by atoms with E-state index in [2.05, 4.69) is 5.10 Å². The molecule has 5 nitrogen and oxygen atoms in total. The minimum atomic E-state index is -0.635. The molecule has 0 aliphatic carbocycles. The van der Waals surface area contributed by atoms with Gasteiger partial charge in [-0.15, -0.1) is 0 Å². The van der Waals surface area contributed by atoms with Gasteiger partial charge in [-0.05, 0) is 36.2 Å². The maximum Gasteiger partial charge on any atom is 0.359 e. The first kappa shape index (κ1) is 13.9. The number of halogens is 1. The van der Waals surface area contributed by atoms with Crippen LogP contribution in [0.4, 0.5) is 4.39 Å². The molecule has 0 spiro atoms. The van der Waals surface area contributed by atoms with Gasteiger partial charge in [0.15, 0.2) is 5.69 Å². The Kier molecular flexibility index (Phi) is 3.93. The first-order valence-corrected chi connectivity index (χ1v) is 5.94. The molecule has 0 fully saturated rings. The lowest BCUT2D eigenvalue weighted by molar-refractivity contribution is 0.0462. The Morgan fingerprint density at radius 3 is 2.75 bits per heavy atom. The molecule has 0 saturated carbocycles. The Morgan fingerprint density at radius 1 is 1.35 bits per heavy atom. The van der Waals surface area contributed by atoms with Crippen LogP contribution < -0.4 is 5.56 Å². The quantitative estimate of drug-likeness (QED) is 0.799. The van der Waals surface area contributed by atoms with Gasteiger partial charge in [-0.1, -0.05) is 6.07 Å². The maximum absolute atomic E-state index is 12.9. The van der Waals surface area contributed by atoms with E-state index in [1.54, 1.807) is 13.0 Å². The minimum Gasteiger partial charge on any atom is -0.456 e. The molecule has 104 valence electrons. The molecule has 0 aliphatic heterocycles. The number of aromatic nitrogens is 2. The van der Waals surface area contributed by atoms with Gasteiger partial charge >= 0.3 is 5.97 Å². The van der Waals surface area contributed by atoms with Gasteiger partial charge in [-0.25, -0.2) is 13.9 Å². The Hall–Kier alpha value is -2.50. The van der Waals surface area contributed by atoms with Crippen molar-refractivity contribution in [3.8, 4) is 0 Å². The summed E-state index contributed by atoms with van der Waals surface area (Å²) in [6, 6.07) is 6.79. The number of esters is 1. The molecular weight excluding hydrogens is 263 g/mol. The number of hydrogen-bond acceptors (Lipinski definition) is 4. The molecule has 0 amide bonds. The maximum atomic E-state index is 12.9. The molecule has 2 aromatic rings. The van der Waals surface area contributed by atoms with Gasteiger partial charge in [0.2, 0.25) is 0 Å². The van der Waals surface area contributed by atoms with Crippen molar-refractivity contribution < 1.29 is 13.9 Å². The first-order valence-electron chi connectivity index (χ1n) is 5.94. The lowest BCUT2D eigenvalue weighted by Crippen LogP contribution is -2.21. The standard InChI is InChI=1S/C14H13FN2O3/c1-9-7-11(15)4-3-10(9)8-20-14(19)12-5-6-13(18)17(2)16-12/h3-7H,8H2,1-2H3. The average Bonchev–Trinajstić information content (AvgIpc) is 2.40. The monoisotopic (exact) mass is 276 g/mol. The Bertz CT molecular complexity index is 710. The molecule has 0 N–H and O–H groups in total. The molecule has 0 atom stereocenters. The third-order valence-electron chi connectivity index (χ3n) is 2.83. The Labute approximate surface area is 114 Å². The average molecular weight is 276 g/mol. The smallest absolute Gasteiger partial charge is 0.359 e. The summed E-state index contributed by atoms with van der Waals surface area (Å²) in [5.74, 6) is -0.971. The van der Waals surface area contributed by atoms with Gasteiger partial charge < -0.3 is 4.74 Å². The number of aryl methyl sites for hydroxylation is 2. The van der Waals surface area contributed by atoms with Gasteiger partial charge in [0, 0.05) is 13.1 Å². The van der Waals surface area contributed by atoms with Crippen molar-refractivity contribution in [2.75, 3.05) is 0 Å². The van der Waals surface area contributed by atoms with E-state index < -0.39 is 5.97 Å². The van der Waals surface area contributed by atoms with E-state index in [9.17, 15) is 14.0 Å². The van der Waals surface area contributed by atoms with Crippen molar-refractivity contribution in [1.82, 2.24) is 9.78 Å². The van der Waals surface area contributed by atoms with Crippen molar-refractivity contribution in [2.45, 2.75) is 13.5 Å². The second kappa shape index (κ2) is 5.64. The predicted molar refractivity (Wildman–Crippen MR) is 69.7 cm³/mol. The second-order valence-electron chi connectivity index (χ2n) is 4.33. The normalized spacial score (nSPS) is 10.3. The number of rotatable bonds is 3. The second-order valence-corrected chi connectivity index (χ2v) is 4.33. The summed E-state index contributed by atoms with van der Waals surface area (Å²) < 4.78 is 19.1. The van der Waals surface area contributed by atoms with Crippen LogP contribution in [0.2, 0.25) is 0 Å². The van der Waals surface area contributed by atoms with Crippen molar-refractivity contribution >= 4 is 5.97 Å². The number of carbonyl (C=O) groups excluding carboxylic acids is 1. The number of ether oxygens (including phenoxy) is 1. The van der Waals surface area contributed by atoms with Gasteiger partial charge in [-0.2, -0.15) is 5.10 Å². The lowest BCUT2D eigenvalue weighted by atomic mass is 10.1. The fourth-order valence-electron chi connectivity index (χ4n) is 1.65. The van der Waals surface area contributed by atoms with Crippen LogP contribution in [-0.2, 0) is 18.4 Å². The summed E-state index contributed by atoms with van der Waals surface area (Å²) in [6.45, 7) is 1.76. The fraction of sp³-hybridized carbons (Fsp3) is 0.214. The van der Waals surface area contributed by atoms with E-state index >= 15 is 0 Å². The topological polar surface area (TPSA) is 61.2 Å².